The van der Waals surface area contributed by atoms with Gasteiger partial charge in [0.15, 0.2) is 5.11 Å². The third-order valence-corrected chi connectivity index (χ3v) is 5.77. The number of fused-ring (bicyclic) bond motifs is 1. The van der Waals surface area contributed by atoms with Crippen molar-refractivity contribution in [3.63, 3.8) is 0 Å². The van der Waals surface area contributed by atoms with Crippen LogP contribution < -0.4 is 10.6 Å². The quantitative estimate of drug-likeness (QED) is 0.741. The standard InChI is InChI=1S/C18H16ClN3OS2/c1-10-5-6-13-14(9-20)17(25-15(13)7-10)22-18(24)21-16(23)11-3-2-4-12(19)8-11/h2-4,8,10H,5-7H2,1H3,(H2,21,22,23,24)/t10-/m0/s1. The lowest BCUT2D eigenvalue weighted by Crippen LogP contribution is -2.34. The Morgan fingerprint density at radius 1 is 1.48 bits per heavy atom. The van der Waals surface area contributed by atoms with E-state index in [0.29, 0.717) is 27.1 Å². The molecular formula is C18H16ClN3OS2. The summed E-state index contributed by atoms with van der Waals surface area (Å²) in [5.74, 6) is 0.286. The van der Waals surface area contributed by atoms with Gasteiger partial charge in [0.05, 0.1) is 5.56 Å². The zero-order chi connectivity index (χ0) is 18.0. The molecule has 1 heterocycles. The highest BCUT2D eigenvalue weighted by molar-refractivity contribution is 7.80. The number of halogens is 1. The summed E-state index contributed by atoms with van der Waals surface area (Å²) in [5.41, 5.74) is 2.19. The molecule has 7 heteroatoms. The number of carbonyl (C=O) groups is 1. The van der Waals surface area contributed by atoms with Crippen LogP contribution in [0.3, 0.4) is 0 Å². The van der Waals surface area contributed by atoms with Crippen LogP contribution in [0.5, 0.6) is 0 Å². The zero-order valence-corrected chi connectivity index (χ0v) is 15.9. The SMILES string of the molecule is C[C@H]1CCc2c(sc(NC(=S)NC(=O)c3cccc(Cl)c3)c2C#N)C1. The molecule has 1 aliphatic rings. The van der Waals surface area contributed by atoms with Gasteiger partial charge in [-0.15, -0.1) is 11.3 Å². The lowest BCUT2D eigenvalue weighted by Gasteiger charge is -2.17. The number of thiocarbonyl (C=S) groups is 1. The van der Waals surface area contributed by atoms with E-state index in [1.807, 2.05) is 0 Å². The number of anilines is 1. The molecule has 0 saturated carbocycles. The molecule has 0 fully saturated rings. The van der Waals surface area contributed by atoms with Crippen molar-refractivity contribution in [1.82, 2.24) is 5.32 Å². The molecule has 2 aromatic rings. The van der Waals surface area contributed by atoms with Gasteiger partial charge in [-0.3, -0.25) is 10.1 Å². The summed E-state index contributed by atoms with van der Waals surface area (Å²) in [4.78, 5) is 13.5. The van der Waals surface area contributed by atoms with E-state index in [0.717, 1.165) is 24.8 Å². The molecule has 0 bridgehead atoms. The fraction of sp³-hybridized carbons (Fsp3) is 0.278. The van der Waals surface area contributed by atoms with Crippen molar-refractivity contribution in [3.8, 4) is 6.07 Å². The van der Waals surface area contributed by atoms with Gasteiger partial charge < -0.3 is 5.32 Å². The summed E-state index contributed by atoms with van der Waals surface area (Å²) in [6.45, 7) is 2.22. The molecule has 0 saturated heterocycles. The van der Waals surface area contributed by atoms with Crippen LogP contribution >= 0.6 is 35.2 Å². The third kappa shape index (κ3) is 4.01. The largest absolute Gasteiger partial charge is 0.323 e. The number of amides is 1. The van der Waals surface area contributed by atoms with Gasteiger partial charge in [0.2, 0.25) is 0 Å². The minimum atomic E-state index is -0.339. The average molecular weight is 390 g/mol. The van der Waals surface area contributed by atoms with Crippen LogP contribution in [0.15, 0.2) is 24.3 Å². The Labute approximate surface area is 160 Å². The van der Waals surface area contributed by atoms with Gasteiger partial charge in [-0.2, -0.15) is 5.26 Å². The topological polar surface area (TPSA) is 64.9 Å². The molecule has 0 radical (unpaired) electrons. The normalized spacial score (nSPS) is 15.8. The van der Waals surface area contributed by atoms with Crippen molar-refractivity contribution < 1.29 is 4.79 Å². The maximum atomic E-state index is 12.2. The number of carbonyl (C=O) groups excluding carboxylic acids is 1. The Kier molecular flexibility index (Phi) is 5.38. The summed E-state index contributed by atoms with van der Waals surface area (Å²) in [5, 5.41) is 16.5. The number of thiophene rings is 1. The van der Waals surface area contributed by atoms with Crippen LogP contribution in [0.4, 0.5) is 5.00 Å². The first-order valence-electron chi connectivity index (χ1n) is 7.90. The molecule has 2 N–H and O–H groups in total. The fourth-order valence-corrected chi connectivity index (χ4v) is 4.71. The Morgan fingerprint density at radius 2 is 2.28 bits per heavy atom. The first-order valence-corrected chi connectivity index (χ1v) is 9.50. The minimum Gasteiger partial charge on any atom is -0.323 e. The third-order valence-electron chi connectivity index (χ3n) is 4.16. The smallest absolute Gasteiger partial charge is 0.257 e. The zero-order valence-electron chi connectivity index (χ0n) is 13.6. The maximum Gasteiger partial charge on any atom is 0.257 e. The Hall–Kier alpha value is -1.94. The molecule has 1 atom stereocenters. The van der Waals surface area contributed by atoms with Crippen molar-refractivity contribution >= 4 is 51.2 Å². The van der Waals surface area contributed by atoms with E-state index < -0.39 is 0 Å². The van der Waals surface area contributed by atoms with Gasteiger partial charge in [-0.05, 0) is 61.2 Å². The Bertz CT molecular complexity index is 885. The number of nitrogens with one attached hydrogen (secondary N) is 2. The van der Waals surface area contributed by atoms with E-state index in [1.54, 1.807) is 35.6 Å². The number of nitriles is 1. The second-order valence-electron chi connectivity index (χ2n) is 6.09. The van der Waals surface area contributed by atoms with Gasteiger partial charge in [-0.25, -0.2) is 0 Å². The van der Waals surface area contributed by atoms with E-state index >= 15 is 0 Å². The molecule has 0 aliphatic heterocycles. The summed E-state index contributed by atoms with van der Waals surface area (Å²) < 4.78 is 0. The van der Waals surface area contributed by atoms with Crippen LogP contribution in [0.2, 0.25) is 5.02 Å². The predicted octanol–water partition coefficient (Wildman–Crippen LogP) is 4.52. The second-order valence-corrected chi connectivity index (χ2v) is 8.04. The molecule has 1 aromatic carbocycles. The first-order chi connectivity index (χ1) is 12.0. The van der Waals surface area contributed by atoms with Crippen molar-refractivity contribution in [1.29, 1.82) is 5.26 Å². The van der Waals surface area contributed by atoms with Crippen molar-refractivity contribution in [2.24, 2.45) is 5.92 Å². The van der Waals surface area contributed by atoms with Crippen LogP contribution in [-0.2, 0) is 12.8 Å². The summed E-state index contributed by atoms with van der Waals surface area (Å²) in [6, 6.07) is 8.92. The Balaban J connectivity index is 1.73. The molecule has 1 amide bonds. The molecule has 1 aliphatic carbocycles. The molecule has 0 spiro atoms. The highest BCUT2D eigenvalue weighted by atomic mass is 35.5. The molecule has 128 valence electrons. The van der Waals surface area contributed by atoms with Crippen LogP contribution in [0.25, 0.3) is 0 Å². The van der Waals surface area contributed by atoms with Crippen LogP contribution in [0, 0.1) is 17.2 Å². The number of nitrogens with zero attached hydrogens (tertiary/aromatic N) is 1. The molecule has 0 unspecified atom stereocenters. The minimum absolute atomic E-state index is 0.174. The fourth-order valence-electron chi connectivity index (χ4n) is 2.90. The monoisotopic (exact) mass is 389 g/mol. The van der Waals surface area contributed by atoms with E-state index in [4.69, 9.17) is 23.8 Å². The van der Waals surface area contributed by atoms with Gasteiger partial charge in [-0.1, -0.05) is 24.6 Å². The predicted molar refractivity (Wildman–Crippen MR) is 105 cm³/mol. The average Bonchev–Trinajstić information content (AvgIpc) is 2.90. The molecule has 25 heavy (non-hydrogen) atoms. The van der Waals surface area contributed by atoms with Crippen molar-refractivity contribution in [2.45, 2.75) is 26.2 Å². The highest BCUT2D eigenvalue weighted by Crippen LogP contribution is 2.39. The van der Waals surface area contributed by atoms with Crippen LogP contribution in [-0.4, -0.2) is 11.0 Å². The Morgan fingerprint density at radius 3 is 3.00 bits per heavy atom. The number of benzene rings is 1. The second kappa shape index (κ2) is 7.52. The van der Waals surface area contributed by atoms with Crippen LogP contribution in [0.1, 0.15) is 39.7 Å². The molecule has 1 aromatic heterocycles. The van der Waals surface area contributed by atoms with Gasteiger partial charge in [0, 0.05) is 15.5 Å². The van der Waals surface area contributed by atoms with E-state index in [1.165, 1.54) is 4.88 Å². The first kappa shape index (κ1) is 17.9. The van der Waals surface area contributed by atoms with E-state index in [-0.39, 0.29) is 11.0 Å². The molecule has 3 rings (SSSR count). The van der Waals surface area contributed by atoms with E-state index in [9.17, 15) is 10.1 Å². The summed E-state index contributed by atoms with van der Waals surface area (Å²) >= 11 is 12.7. The van der Waals surface area contributed by atoms with Gasteiger partial charge >= 0.3 is 0 Å². The molecule has 4 nitrogen and oxygen atoms in total. The number of hydrogen-bond acceptors (Lipinski definition) is 4. The van der Waals surface area contributed by atoms with Gasteiger partial charge in [0.25, 0.3) is 5.91 Å². The molecular weight excluding hydrogens is 374 g/mol. The summed E-state index contributed by atoms with van der Waals surface area (Å²) in [6.07, 6.45) is 2.99. The number of hydrogen-bond donors (Lipinski definition) is 2. The van der Waals surface area contributed by atoms with Crippen molar-refractivity contribution in [3.05, 3.63) is 50.9 Å². The van der Waals surface area contributed by atoms with Gasteiger partial charge in [0.1, 0.15) is 11.1 Å². The van der Waals surface area contributed by atoms with Crippen molar-refractivity contribution in [2.75, 3.05) is 5.32 Å². The summed E-state index contributed by atoms with van der Waals surface area (Å²) in [7, 11) is 0. The van der Waals surface area contributed by atoms with E-state index in [2.05, 4.69) is 23.6 Å². The highest BCUT2D eigenvalue weighted by Gasteiger charge is 2.24. The lowest BCUT2D eigenvalue weighted by molar-refractivity contribution is 0.0977. The maximum absolute atomic E-state index is 12.2. The number of rotatable bonds is 2. The lowest BCUT2D eigenvalue weighted by atomic mass is 9.89.